The van der Waals surface area contributed by atoms with Crippen molar-refractivity contribution in [3.05, 3.63) is 24.3 Å². The van der Waals surface area contributed by atoms with Crippen LogP contribution in [0, 0.1) is 0 Å². The van der Waals surface area contributed by atoms with Gasteiger partial charge in [0.1, 0.15) is 0 Å². The average Bonchev–Trinajstić information content (AvgIpc) is 2.66. The predicted molar refractivity (Wildman–Crippen MR) is 122 cm³/mol. The molecule has 0 aliphatic carbocycles. The second-order valence-corrected chi connectivity index (χ2v) is 8.05. The molecule has 0 unspecified atom stereocenters. The van der Waals surface area contributed by atoms with Crippen LogP contribution in [0.5, 0.6) is 0 Å². The maximum atomic E-state index is 2.42. The topological polar surface area (TPSA) is 0 Å². The molecule has 0 N–H and O–H groups in total. The molecule has 0 saturated carbocycles. The number of hydrogen-bond donors (Lipinski definition) is 0. The summed E-state index contributed by atoms with van der Waals surface area (Å²) in [6, 6.07) is 0. The minimum Gasteiger partial charge on any atom is -0.0885 e. The molecule has 0 bridgehead atoms. The first kappa shape index (κ1) is 25.5. The highest BCUT2D eigenvalue weighted by Crippen LogP contribution is 2.10. The average molecular weight is 363 g/mol. The molecule has 0 atom stereocenters. The maximum Gasteiger partial charge on any atom is -0.0351 e. The molecule has 0 saturated heterocycles. The fraction of sp³-hybridized carbons (Fsp3) is 0.846. The number of rotatable bonds is 21. The lowest BCUT2D eigenvalue weighted by molar-refractivity contribution is 0.610. The quantitative estimate of drug-likeness (QED) is 0.141. The van der Waals surface area contributed by atoms with Crippen molar-refractivity contribution in [3.8, 4) is 0 Å². The van der Waals surface area contributed by atoms with Crippen molar-refractivity contribution in [1.82, 2.24) is 0 Å². The Morgan fingerprint density at radius 3 is 0.808 bits per heavy atom. The minimum atomic E-state index is 1.30. The molecule has 0 aromatic rings. The van der Waals surface area contributed by atoms with Crippen molar-refractivity contribution in [3.63, 3.8) is 0 Å². The molecule has 0 heterocycles. The van der Waals surface area contributed by atoms with Gasteiger partial charge < -0.3 is 0 Å². The summed E-state index contributed by atoms with van der Waals surface area (Å²) >= 11 is 0. The monoisotopic (exact) mass is 362 g/mol. The van der Waals surface area contributed by atoms with Crippen molar-refractivity contribution in [2.24, 2.45) is 0 Å². The Kier molecular flexibility index (Phi) is 24.0. The normalized spacial score (nSPS) is 11.9. The van der Waals surface area contributed by atoms with E-state index in [0.29, 0.717) is 0 Å². The van der Waals surface area contributed by atoms with Gasteiger partial charge >= 0.3 is 0 Å². The van der Waals surface area contributed by atoms with Crippen LogP contribution in [-0.2, 0) is 0 Å². The first-order chi connectivity index (χ1) is 12.9. The van der Waals surface area contributed by atoms with Gasteiger partial charge in [0.15, 0.2) is 0 Å². The summed E-state index contributed by atoms with van der Waals surface area (Å²) in [7, 11) is 0. The third-order valence-electron chi connectivity index (χ3n) is 5.27. The van der Waals surface area contributed by atoms with Crippen LogP contribution in [0.3, 0.4) is 0 Å². The highest BCUT2D eigenvalue weighted by Gasteiger charge is 1.90. The third-order valence-corrected chi connectivity index (χ3v) is 5.27. The summed E-state index contributed by atoms with van der Waals surface area (Å²) in [6.45, 7) is 4.58. The lowest BCUT2D eigenvalue weighted by Gasteiger charge is -1.99. The van der Waals surface area contributed by atoms with E-state index in [1.54, 1.807) is 0 Å². The van der Waals surface area contributed by atoms with Gasteiger partial charge in [0.05, 0.1) is 0 Å². The summed E-state index contributed by atoms with van der Waals surface area (Å²) in [5, 5.41) is 0. The van der Waals surface area contributed by atoms with Crippen LogP contribution in [-0.4, -0.2) is 0 Å². The largest absolute Gasteiger partial charge is 0.0885 e. The van der Waals surface area contributed by atoms with Crippen LogP contribution >= 0.6 is 0 Å². The van der Waals surface area contributed by atoms with Crippen LogP contribution < -0.4 is 0 Å². The van der Waals surface area contributed by atoms with Gasteiger partial charge in [-0.05, 0) is 51.4 Å². The van der Waals surface area contributed by atoms with Gasteiger partial charge in [0, 0.05) is 0 Å². The van der Waals surface area contributed by atoms with Crippen LogP contribution in [0.4, 0.5) is 0 Å². The second kappa shape index (κ2) is 24.5. The van der Waals surface area contributed by atoms with Crippen molar-refractivity contribution < 1.29 is 0 Å². The predicted octanol–water partition coefficient (Wildman–Crippen LogP) is 9.94. The van der Waals surface area contributed by atoms with Crippen LogP contribution in [0.2, 0.25) is 0 Å². The molecule has 26 heavy (non-hydrogen) atoms. The van der Waals surface area contributed by atoms with Crippen LogP contribution in [0.25, 0.3) is 0 Å². The van der Waals surface area contributed by atoms with Crippen molar-refractivity contribution in [2.45, 2.75) is 142 Å². The Morgan fingerprint density at radius 2 is 0.538 bits per heavy atom. The van der Waals surface area contributed by atoms with E-state index in [9.17, 15) is 0 Å². The molecule has 0 radical (unpaired) electrons. The standard InChI is InChI=1S/C26H50/c1-3-5-7-9-11-13-15-17-19-21-23-25-26-24-22-20-18-16-14-12-10-8-6-4-2/h17-20H,3-16,21-26H2,1-2H3/b19-17+,20-18+. The van der Waals surface area contributed by atoms with E-state index in [1.165, 1.54) is 128 Å². The van der Waals surface area contributed by atoms with Gasteiger partial charge in [-0.2, -0.15) is 0 Å². The van der Waals surface area contributed by atoms with Gasteiger partial charge in [-0.25, -0.2) is 0 Å². The summed E-state index contributed by atoms with van der Waals surface area (Å²) in [5.41, 5.74) is 0. The molecule has 0 heteroatoms. The van der Waals surface area contributed by atoms with E-state index in [0.717, 1.165) is 0 Å². The molecule has 154 valence electrons. The summed E-state index contributed by atoms with van der Waals surface area (Å²) in [4.78, 5) is 0. The number of unbranched alkanes of at least 4 members (excludes halogenated alkanes) is 17. The fourth-order valence-corrected chi connectivity index (χ4v) is 3.43. The molecular formula is C26H50. The van der Waals surface area contributed by atoms with E-state index in [4.69, 9.17) is 0 Å². The zero-order valence-corrected chi connectivity index (χ0v) is 18.5. The number of allylic oxidation sites excluding steroid dienone is 4. The smallest absolute Gasteiger partial charge is 0.0351 e. The fourth-order valence-electron chi connectivity index (χ4n) is 3.43. The molecule has 0 nitrogen and oxygen atoms in total. The van der Waals surface area contributed by atoms with E-state index in [-0.39, 0.29) is 0 Å². The van der Waals surface area contributed by atoms with Crippen molar-refractivity contribution in [2.75, 3.05) is 0 Å². The summed E-state index contributed by atoms with van der Waals surface area (Å²) in [5.74, 6) is 0. The zero-order chi connectivity index (χ0) is 19.0. The zero-order valence-electron chi connectivity index (χ0n) is 18.5. The van der Waals surface area contributed by atoms with Crippen LogP contribution in [0.15, 0.2) is 24.3 Å². The van der Waals surface area contributed by atoms with E-state index in [2.05, 4.69) is 38.2 Å². The Morgan fingerprint density at radius 1 is 0.308 bits per heavy atom. The maximum absolute atomic E-state index is 2.42. The first-order valence-electron chi connectivity index (χ1n) is 12.2. The van der Waals surface area contributed by atoms with Crippen molar-refractivity contribution in [1.29, 1.82) is 0 Å². The SMILES string of the molecule is CCCCCCCC/C=C/CCCCCC/C=C/CCCCCCCC. The number of hydrogen-bond acceptors (Lipinski definition) is 0. The Balaban J connectivity index is 3.12. The Labute approximate surface area is 166 Å². The van der Waals surface area contributed by atoms with E-state index >= 15 is 0 Å². The molecule has 0 rings (SSSR count). The Bertz CT molecular complexity index is 256. The van der Waals surface area contributed by atoms with Gasteiger partial charge in [-0.15, -0.1) is 0 Å². The van der Waals surface area contributed by atoms with Crippen molar-refractivity contribution >= 4 is 0 Å². The molecule has 0 aromatic carbocycles. The minimum absolute atomic E-state index is 1.30. The first-order valence-corrected chi connectivity index (χ1v) is 12.2. The van der Waals surface area contributed by atoms with Crippen LogP contribution in [0.1, 0.15) is 142 Å². The van der Waals surface area contributed by atoms with E-state index in [1.807, 2.05) is 0 Å². The summed E-state index contributed by atoms with van der Waals surface area (Å²) < 4.78 is 0. The van der Waals surface area contributed by atoms with Gasteiger partial charge in [0.25, 0.3) is 0 Å². The highest BCUT2D eigenvalue weighted by atomic mass is 14.0. The molecule has 0 fully saturated rings. The van der Waals surface area contributed by atoms with E-state index < -0.39 is 0 Å². The molecule has 0 aliphatic rings. The molecular weight excluding hydrogens is 312 g/mol. The van der Waals surface area contributed by atoms with Gasteiger partial charge in [0.2, 0.25) is 0 Å². The second-order valence-electron chi connectivity index (χ2n) is 8.05. The van der Waals surface area contributed by atoms with Gasteiger partial charge in [-0.1, -0.05) is 115 Å². The Hall–Kier alpha value is -0.520. The molecule has 0 spiro atoms. The highest BCUT2D eigenvalue weighted by molar-refractivity contribution is 4.82. The third kappa shape index (κ3) is 23.5. The summed E-state index contributed by atoms with van der Waals surface area (Å²) in [6.07, 6.45) is 37.4. The lowest BCUT2D eigenvalue weighted by Crippen LogP contribution is -1.79. The van der Waals surface area contributed by atoms with Gasteiger partial charge in [-0.3, -0.25) is 0 Å². The molecule has 0 amide bonds. The lowest BCUT2D eigenvalue weighted by atomic mass is 10.1. The molecule has 0 aliphatic heterocycles. The molecule has 0 aromatic heterocycles.